The van der Waals surface area contributed by atoms with Crippen LogP contribution in [-0.2, 0) is 12.6 Å². The van der Waals surface area contributed by atoms with Crippen molar-refractivity contribution in [3.8, 4) is 5.75 Å². The standard InChI is InChI=1S/C23H23F3N4O2S/c1-15-14-29(22-27-20(28-33-22)13-16-4-3-5-19(12-16)32-2)10-11-30(15)21(31)17-6-8-18(9-7-17)23(24,25)26/h3-9,12,15H,10-11,13-14H2,1-2H3. The highest BCUT2D eigenvalue weighted by Crippen LogP contribution is 2.30. The van der Waals surface area contributed by atoms with E-state index in [0.717, 1.165) is 34.4 Å². The Morgan fingerprint density at radius 1 is 1.18 bits per heavy atom. The molecule has 1 unspecified atom stereocenters. The molecular formula is C23H23F3N4O2S. The highest BCUT2D eigenvalue weighted by molar-refractivity contribution is 7.09. The van der Waals surface area contributed by atoms with Crippen molar-refractivity contribution in [2.75, 3.05) is 31.6 Å². The molecule has 1 amide bonds. The molecule has 0 bridgehead atoms. The van der Waals surface area contributed by atoms with E-state index in [1.807, 2.05) is 31.2 Å². The third-order valence-electron chi connectivity index (χ3n) is 5.57. The van der Waals surface area contributed by atoms with Crippen LogP contribution in [0.3, 0.4) is 0 Å². The van der Waals surface area contributed by atoms with Gasteiger partial charge in [-0.05, 0) is 48.9 Å². The zero-order chi connectivity index (χ0) is 23.6. The lowest BCUT2D eigenvalue weighted by atomic mass is 10.1. The molecule has 1 aliphatic rings. The van der Waals surface area contributed by atoms with Gasteiger partial charge in [-0.3, -0.25) is 4.79 Å². The molecule has 1 aliphatic heterocycles. The molecule has 1 saturated heterocycles. The molecule has 10 heteroatoms. The Balaban J connectivity index is 1.38. The van der Waals surface area contributed by atoms with Gasteiger partial charge in [0.1, 0.15) is 11.6 Å². The number of hydrogen-bond acceptors (Lipinski definition) is 6. The fraction of sp³-hybridized carbons (Fsp3) is 0.348. The normalized spacial score (nSPS) is 16.7. The van der Waals surface area contributed by atoms with Crippen molar-refractivity contribution in [2.24, 2.45) is 0 Å². The molecule has 0 N–H and O–H groups in total. The lowest BCUT2D eigenvalue weighted by molar-refractivity contribution is -0.137. The van der Waals surface area contributed by atoms with Gasteiger partial charge in [-0.25, -0.2) is 4.98 Å². The van der Waals surface area contributed by atoms with Gasteiger partial charge >= 0.3 is 6.18 Å². The van der Waals surface area contributed by atoms with Crippen LogP contribution in [0.4, 0.5) is 18.3 Å². The molecule has 4 rings (SSSR count). The van der Waals surface area contributed by atoms with Gasteiger partial charge in [0.2, 0.25) is 5.13 Å². The summed E-state index contributed by atoms with van der Waals surface area (Å²) in [7, 11) is 1.63. The van der Waals surface area contributed by atoms with Gasteiger partial charge in [-0.1, -0.05) is 12.1 Å². The summed E-state index contributed by atoms with van der Waals surface area (Å²) in [6, 6.07) is 12.0. The average Bonchev–Trinajstić information content (AvgIpc) is 3.26. The van der Waals surface area contributed by atoms with Crippen LogP contribution < -0.4 is 9.64 Å². The predicted octanol–water partition coefficient (Wildman–Crippen LogP) is 4.51. The van der Waals surface area contributed by atoms with Gasteiger partial charge in [0.25, 0.3) is 5.91 Å². The van der Waals surface area contributed by atoms with Crippen molar-refractivity contribution >= 4 is 22.6 Å². The quantitative estimate of drug-likeness (QED) is 0.543. The number of hydrogen-bond donors (Lipinski definition) is 0. The van der Waals surface area contributed by atoms with Gasteiger partial charge in [0.15, 0.2) is 0 Å². The molecule has 1 atom stereocenters. The first-order valence-corrected chi connectivity index (χ1v) is 11.2. The van der Waals surface area contributed by atoms with Gasteiger partial charge in [0.05, 0.1) is 12.7 Å². The Labute approximate surface area is 193 Å². The highest BCUT2D eigenvalue weighted by Gasteiger charge is 2.32. The van der Waals surface area contributed by atoms with Crippen molar-refractivity contribution in [3.63, 3.8) is 0 Å². The molecule has 1 aromatic heterocycles. The van der Waals surface area contributed by atoms with Gasteiger partial charge in [-0.2, -0.15) is 17.5 Å². The predicted molar refractivity (Wildman–Crippen MR) is 120 cm³/mol. The van der Waals surface area contributed by atoms with E-state index in [2.05, 4.69) is 14.3 Å². The van der Waals surface area contributed by atoms with E-state index in [4.69, 9.17) is 4.74 Å². The number of aromatic nitrogens is 2. The van der Waals surface area contributed by atoms with Crippen molar-refractivity contribution in [1.29, 1.82) is 0 Å². The summed E-state index contributed by atoms with van der Waals surface area (Å²) in [5.41, 5.74) is 0.539. The number of benzene rings is 2. The smallest absolute Gasteiger partial charge is 0.416 e. The number of rotatable bonds is 5. The fourth-order valence-electron chi connectivity index (χ4n) is 3.81. The van der Waals surface area contributed by atoms with Crippen LogP contribution in [0, 0.1) is 0 Å². The largest absolute Gasteiger partial charge is 0.497 e. The second kappa shape index (κ2) is 9.38. The summed E-state index contributed by atoms with van der Waals surface area (Å²) in [6.07, 6.45) is -3.83. The molecule has 3 aromatic rings. The summed E-state index contributed by atoms with van der Waals surface area (Å²) in [5, 5.41) is 0.793. The van der Waals surface area contributed by atoms with E-state index < -0.39 is 11.7 Å². The number of methoxy groups -OCH3 is 1. The van der Waals surface area contributed by atoms with E-state index in [1.54, 1.807) is 12.0 Å². The second-order valence-electron chi connectivity index (χ2n) is 7.89. The maximum atomic E-state index is 12.9. The minimum atomic E-state index is -4.42. The van der Waals surface area contributed by atoms with Crippen molar-refractivity contribution in [1.82, 2.24) is 14.3 Å². The van der Waals surface area contributed by atoms with Gasteiger partial charge in [-0.15, -0.1) is 0 Å². The highest BCUT2D eigenvalue weighted by atomic mass is 32.1. The van der Waals surface area contributed by atoms with Crippen molar-refractivity contribution < 1.29 is 22.7 Å². The van der Waals surface area contributed by atoms with Crippen LogP contribution in [-0.4, -0.2) is 53.0 Å². The molecule has 2 aromatic carbocycles. The number of halogens is 3. The van der Waals surface area contributed by atoms with E-state index in [1.165, 1.54) is 23.7 Å². The monoisotopic (exact) mass is 476 g/mol. The first-order chi connectivity index (χ1) is 15.7. The van der Waals surface area contributed by atoms with E-state index in [0.29, 0.717) is 26.1 Å². The number of carbonyl (C=O) groups is 1. The number of amides is 1. The number of anilines is 1. The van der Waals surface area contributed by atoms with Crippen LogP contribution >= 0.6 is 11.5 Å². The second-order valence-corrected chi connectivity index (χ2v) is 8.62. The molecule has 174 valence electrons. The SMILES string of the molecule is COc1cccc(Cc2nsc(N3CCN(C(=O)c4ccc(C(F)(F)F)cc4)C(C)C3)n2)c1. The first-order valence-electron chi connectivity index (χ1n) is 10.4. The van der Waals surface area contributed by atoms with Crippen molar-refractivity contribution in [3.05, 3.63) is 71.0 Å². The Morgan fingerprint density at radius 3 is 2.61 bits per heavy atom. The number of nitrogens with zero attached hydrogens (tertiary/aromatic N) is 4. The molecule has 0 spiro atoms. The molecule has 1 fully saturated rings. The number of carbonyl (C=O) groups excluding carboxylic acids is 1. The molecule has 2 heterocycles. The number of ether oxygens (including phenoxy) is 1. The van der Waals surface area contributed by atoms with Crippen LogP contribution in [0.2, 0.25) is 0 Å². The molecule has 0 radical (unpaired) electrons. The zero-order valence-corrected chi connectivity index (χ0v) is 19.0. The summed E-state index contributed by atoms with van der Waals surface area (Å²) in [6.45, 7) is 3.52. The summed E-state index contributed by atoms with van der Waals surface area (Å²) < 4.78 is 48.1. The number of alkyl halides is 3. The summed E-state index contributed by atoms with van der Waals surface area (Å²) >= 11 is 1.32. The lowest BCUT2D eigenvalue weighted by Crippen LogP contribution is -2.54. The van der Waals surface area contributed by atoms with Gasteiger partial charge < -0.3 is 14.5 Å². The fourth-order valence-corrected chi connectivity index (χ4v) is 4.53. The average molecular weight is 477 g/mol. The first kappa shape index (κ1) is 23.0. The lowest BCUT2D eigenvalue weighted by Gasteiger charge is -2.39. The molecule has 6 nitrogen and oxygen atoms in total. The minimum Gasteiger partial charge on any atom is -0.497 e. The summed E-state index contributed by atoms with van der Waals surface area (Å²) in [5.74, 6) is 1.23. The third kappa shape index (κ3) is 5.27. The Kier molecular flexibility index (Phi) is 6.55. The van der Waals surface area contributed by atoms with E-state index in [-0.39, 0.29) is 17.5 Å². The summed E-state index contributed by atoms with van der Waals surface area (Å²) in [4.78, 5) is 21.3. The van der Waals surface area contributed by atoms with E-state index in [9.17, 15) is 18.0 Å². The third-order valence-corrected chi connectivity index (χ3v) is 6.39. The molecular weight excluding hydrogens is 453 g/mol. The molecule has 0 aliphatic carbocycles. The topological polar surface area (TPSA) is 58.6 Å². The Hall–Kier alpha value is -3.14. The van der Waals surface area contributed by atoms with Crippen LogP contribution in [0.25, 0.3) is 0 Å². The maximum Gasteiger partial charge on any atom is 0.416 e. The zero-order valence-electron chi connectivity index (χ0n) is 18.2. The Morgan fingerprint density at radius 2 is 1.94 bits per heavy atom. The minimum absolute atomic E-state index is 0.126. The van der Waals surface area contributed by atoms with Crippen molar-refractivity contribution in [2.45, 2.75) is 25.6 Å². The van der Waals surface area contributed by atoms with Gasteiger partial charge in [0, 0.05) is 49.2 Å². The van der Waals surface area contributed by atoms with Crippen LogP contribution in [0.5, 0.6) is 5.75 Å². The van der Waals surface area contributed by atoms with Crippen LogP contribution in [0.1, 0.15) is 34.2 Å². The number of piperazine rings is 1. The molecule has 33 heavy (non-hydrogen) atoms. The molecule has 0 saturated carbocycles. The van der Waals surface area contributed by atoms with Crippen LogP contribution in [0.15, 0.2) is 48.5 Å². The Bertz CT molecular complexity index is 1120. The van der Waals surface area contributed by atoms with E-state index >= 15 is 0 Å². The maximum absolute atomic E-state index is 12.9.